The van der Waals surface area contributed by atoms with Crippen molar-refractivity contribution in [1.29, 1.82) is 0 Å². The average molecular weight is 306 g/mol. The van der Waals surface area contributed by atoms with Gasteiger partial charge in [0.1, 0.15) is 5.69 Å². The minimum Gasteiger partial charge on any atom is -0.398 e. The van der Waals surface area contributed by atoms with Crippen molar-refractivity contribution >= 4 is 34.6 Å². The molecular formula is C14H12ClN3O3. The lowest BCUT2D eigenvalue weighted by atomic mass is 10.1. The summed E-state index contributed by atoms with van der Waals surface area (Å²) >= 11 is 5.77. The Hall–Kier alpha value is -2.60. The standard InChI is InChI=1S/C14H12ClN3O3/c1-8-2-5-12(13(6-8)18(20)21)17-14(19)10-4-3-9(15)7-11(10)16/h2-7H,16H2,1H3,(H,17,19). The van der Waals surface area contributed by atoms with E-state index in [1.54, 1.807) is 13.0 Å². The Labute approximate surface area is 125 Å². The lowest BCUT2D eigenvalue weighted by Crippen LogP contribution is -2.15. The van der Waals surface area contributed by atoms with Gasteiger partial charge in [-0.2, -0.15) is 0 Å². The molecule has 0 radical (unpaired) electrons. The number of nitrogens with zero attached hydrogens (tertiary/aromatic N) is 1. The maximum atomic E-state index is 12.1. The van der Waals surface area contributed by atoms with Crippen LogP contribution in [0.4, 0.5) is 17.1 Å². The second kappa shape index (κ2) is 5.80. The first-order chi connectivity index (χ1) is 9.88. The van der Waals surface area contributed by atoms with Crippen molar-refractivity contribution in [2.75, 3.05) is 11.1 Å². The molecule has 1 amide bonds. The van der Waals surface area contributed by atoms with Crippen molar-refractivity contribution in [3.8, 4) is 0 Å². The van der Waals surface area contributed by atoms with Crippen molar-refractivity contribution in [2.45, 2.75) is 6.92 Å². The third-order valence-electron chi connectivity index (χ3n) is 2.86. The van der Waals surface area contributed by atoms with Crippen LogP contribution in [0.15, 0.2) is 36.4 Å². The van der Waals surface area contributed by atoms with E-state index in [1.807, 2.05) is 0 Å². The van der Waals surface area contributed by atoms with Crippen LogP contribution in [0.5, 0.6) is 0 Å². The van der Waals surface area contributed by atoms with Gasteiger partial charge in [-0.25, -0.2) is 0 Å². The molecule has 2 rings (SSSR count). The van der Waals surface area contributed by atoms with E-state index < -0.39 is 10.8 Å². The molecule has 0 aromatic heterocycles. The van der Waals surface area contributed by atoms with Crippen LogP contribution in [0.2, 0.25) is 5.02 Å². The molecule has 0 aliphatic heterocycles. The van der Waals surface area contributed by atoms with E-state index in [9.17, 15) is 14.9 Å². The van der Waals surface area contributed by atoms with Crippen molar-refractivity contribution in [3.63, 3.8) is 0 Å². The molecule has 0 fully saturated rings. The number of hydrogen-bond acceptors (Lipinski definition) is 4. The second-order valence-electron chi connectivity index (χ2n) is 4.46. The zero-order valence-corrected chi connectivity index (χ0v) is 11.8. The fourth-order valence-electron chi connectivity index (χ4n) is 1.83. The van der Waals surface area contributed by atoms with Crippen molar-refractivity contribution < 1.29 is 9.72 Å². The summed E-state index contributed by atoms with van der Waals surface area (Å²) in [7, 11) is 0. The smallest absolute Gasteiger partial charge is 0.293 e. The molecule has 0 unspecified atom stereocenters. The topological polar surface area (TPSA) is 98.3 Å². The molecule has 6 nitrogen and oxygen atoms in total. The maximum absolute atomic E-state index is 12.1. The largest absolute Gasteiger partial charge is 0.398 e. The van der Waals surface area contributed by atoms with Gasteiger partial charge in [-0.3, -0.25) is 14.9 Å². The average Bonchev–Trinajstić information content (AvgIpc) is 2.40. The number of amides is 1. The summed E-state index contributed by atoms with van der Waals surface area (Å²) in [5, 5.41) is 13.9. The molecule has 2 aromatic rings. The lowest BCUT2D eigenvalue weighted by molar-refractivity contribution is -0.384. The van der Waals surface area contributed by atoms with E-state index in [0.717, 1.165) is 5.56 Å². The summed E-state index contributed by atoms with van der Waals surface area (Å²) < 4.78 is 0. The van der Waals surface area contributed by atoms with Crippen LogP contribution in [-0.4, -0.2) is 10.8 Å². The summed E-state index contributed by atoms with van der Waals surface area (Å²) in [6, 6.07) is 8.98. The molecule has 0 aliphatic carbocycles. The summed E-state index contributed by atoms with van der Waals surface area (Å²) in [5.41, 5.74) is 6.80. The Bertz CT molecular complexity index is 731. The number of nitro groups is 1. The third-order valence-corrected chi connectivity index (χ3v) is 3.09. The molecule has 0 spiro atoms. The number of nitrogens with two attached hydrogens (primary N) is 1. The number of nitrogens with one attached hydrogen (secondary N) is 1. The summed E-state index contributed by atoms with van der Waals surface area (Å²) in [5.74, 6) is -0.531. The van der Waals surface area contributed by atoms with E-state index >= 15 is 0 Å². The van der Waals surface area contributed by atoms with E-state index in [2.05, 4.69) is 5.32 Å². The van der Waals surface area contributed by atoms with E-state index in [-0.39, 0.29) is 22.6 Å². The van der Waals surface area contributed by atoms with Gasteiger partial charge in [0, 0.05) is 16.8 Å². The first-order valence-electron chi connectivity index (χ1n) is 6.00. The SMILES string of the molecule is Cc1ccc(NC(=O)c2ccc(Cl)cc2N)c([N+](=O)[O-])c1. The molecule has 0 bridgehead atoms. The van der Waals surface area contributed by atoms with E-state index in [1.165, 1.54) is 30.3 Å². The number of anilines is 2. The molecule has 3 N–H and O–H groups in total. The van der Waals surface area contributed by atoms with Crippen LogP contribution in [-0.2, 0) is 0 Å². The lowest BCUT2D eigenvalue weighted by Gasteiger charge is -2.08. The predicted octanol–water partition coefficient (Wildman–Crippen LogP) is 3.39. The molecule has 7 heteroatoms. The van der Waals surface area contributed by atoms with Crippen LogP contribution in [0.25, 0.3) is 0 Å². The van der Waals surface area contributed by atoms with E-state index in [0.29, 0.717) is 5.02 Å². The van der Waals surface area contributed by atoms with Gasteiger partial charge < -0.3 is 11.1 Å². The number of hydrogen-bond donors (Lipinski definition) is 2. The molecule has 0 saturated carbocycles. The van der Waals surface area contributed by atoms with Crippen molar-refractivity contribution in [2.24, 2.45) is 0 Å². The van der Waals surface area contributed by atoms with Gasteiger partial charge in [-0.1, -0.05) is 17.7 Å². The number of aryl methyl sites for hydroxylation is 1. The van der Waals surface area contributed by atoms with Gasteiger partial charge in [0.15, 0.2) is 0 Å². The first kappa shape index (κ1) is 14.8. The van der Waals surface area contributed by atoms with Crippen LogP contribution in [0.1, 0.15) is 15.9 Å². The highest BCUT2D eigenvalue weighted by molar-refractivity contribution is 6.31. The third kappa shape index (κ3) is 3.29. The zero-order chi connectivity index (χ0) is 15.6. The zero-order valence-electron chi connectivity index (χ0n) is 11.1. The van der Waals surface area contributed by atoms with Crippen LogP contribution in [0, 0.1) is 17.0 Å². The number of benzene rings is 2. The van der Waals surface area contributed by atoms with Crippen molar-refractivity contribution in [1.82, 2.24) is 0 Å². The summed E-state index contributed by atoms with van der Waals surface area (Å²) in [4.78, 5) is 22.6. The first-order valence-corrected chi connectivity index (χ1v) is 6.37. The number of halogens is 1. The van der Waals surface area contributed by atoms with Gasteiger partial charge in [0.05, 0.1) is 10.5 Å². The molecule has 0 aliphatic rings. The summed E-state index contributed by atoms with van der Waals surface area (Å²) in [6.07, 6.45) is 0. The molecule has 2 aromatic carbocycles. The molecule has 0 atom stereocenters. The minimum atomic E-state index is -0.548. The van der Waals surface area contributed by atoms with E-state index in [4.69, 9.17) is 17.3 Å². The van der Waals surface area contributed by atoms with Gasteiger partial charge in [-0.05, 0) is 36.8 Å². The highest BCUT2D eigenvalue weighted by Gasteiger charge is 2.18. The van der Waals surface area contributed by atoms with Gasteiger partial charge in [-0.15, -0.1) is 0 Å². The van der Waals surface area contributed by atoms with Gasteiger partial charge in [0.25, 0.3) is 11.6 Å². The normalized spacial score (nSPS) is 10.2. The molecule has 108 valence electrons. The Morgan fingerprint density at radius 1 is 1.29 bits per heavy atom. The number of nitrogen functional groups attached to an aromatic ring is 1. The Balaban J connectivity index is 2.34. The quantitative estimate of drug-likeness (QED) is 0.516. The van der Waals surface area contributed by atoms with Crippen molar-refractivity contribution in [3.05, 3.63) is 62.7 Å². The highest BCUT2D eigenvalue weighted by Crippen LogP contribution is 2.27. The minimum absolute atomic E-state index is 0.116. The maximum Gasteiger partial charge on any atom is 0.293 e. The fraction of sp³-hybridized carbons (Fsp3) is 0.0714. The monoisotopic (exact) mass is 305 g/mol. The Morgan fingerprint density at radius 3 is 2.62 bits per heavy atom. The van der Waals surface area contributed by atoms with Crippen LogP contribution < -0.4 is 11.1 Å². The molecule has 0 heterocycles. The molecule has 0 saturated heterocycles. The Kier molecular flexibility index (Phi) is 4.09. The summed E-state index contributed by atoms with van der Waals surface area (Å²) in [6.45, 7) is 1.73. The Morgan fingerprint density at radius 2 is 2.00 bits per heavy atom. The van der Waals surface area contributed by atoms with Gasteiger partial charge >= 0.3 is 0 Å². The molecular weight excluding hydrogens is 294 g/mol. The predicted molar refractivity (Wildman–Crippen MR) is 81.7 cm³/mol. The number of nitro benzene ring substituents is 1. The second-order valence-corrected chi connectivity index (χ2v) is 4.90. The van der Waals surface area contributed by atoms with Gasteiger partial charge in [0.2, 0.25) is 0 Å². The molecule has 21 heavy (non-hydrogen) atoms. The number of rotatable bonds is 3. The number of carbonyl (C=O) groups is 1. The van der Waals surface area contributed by atoms with Crippen LogP contribution >= 0.6 is 11.6 Å². The highest BCUT2D eigenvalue weighted by atomic mass is 35.5. The van der Waals surface area contributed by atoms with Crippen LogP contribution in [0.3, 0.4) is 0 Å². The fourth-order valence-corrected chi connectivity index (χ4v) is 2.01. The number of carbonyl (C=O) groups excluding carboxylic acids is 1.